The molecule has 0 spiro atoms. The highest BCUT2D eigenvalue weighted by Crippen LogP contribution is 2.56. The van der Waals surface area contributed by atoms with Crippen LogP contribution in [-0.4, -0.2) is 6.71 Å². The predicted octanol–water partition coefficient (Wildman–Crippen LogP) is 20.7. The molecule has 0 bridgehead atoms. The molecule has 6 heteroatoms. The molecule has 4 nitrogen and oxygen atoms in total. The van der Waals surface area contributed by atoms with E-state index >= 15 is 0 Å². The van der Waals surface area contributed by atoms with Crippen LogP contribution in [0, 0.1) is 0 Å². The van der Waals surface area contributed by atoms with Gasteiger partial charge in [0.05, 0.1) is 17.0 Å². The molecule has 5 aliphatic rings. The number of benzene rings is 8. The molecule has 0 saturated carbocycles. The van der Waals surface area contributed by atoms with Gasteiger partial charge in [-0.3, -0.25) is 0 Å². The van der Waals surface area contributed by atoms with Gasteiger partial charge in [0.1, 0.15) is 5.58 Å². The average molecular weight is 1120 g/mol. The minimum atomic E-state index is -0.209. The fourth-order valence-electron chi connectivity index (χ4n) is 16.0. The van der Waals surface area contributed by atoms with Gasteiger partial charge in [-0.15, -0.1) is 11.3 Å². The van der Waals surface area contributed by atoms with Gasteiger partial charge in [-0.05, 0) is 211 Å². The summed E-state index contributed by atoms with van der Waals surface area (Å²) in [5, 5.41) is 3.76. The summed E-state index contributed by atoms with van der Waals surface area (Å²) in [5.74, 6) is 0. The molecule has 0 unspecified atom stereocenters. The summed E-state index contributed by atoms with van der Waals surface area (Å²) in [5.41, 5.74) is 25.1. The molecule has 0 saturated heterocycles. The highest BCUT2D eigenvalue weighted by Gasteiger charge is 2.51. The van der Waals surface area contributed by atoms with Crippen molar-refractivity contribution in [3.05, 3.63) is 191 Å². The molecule has 8 aromatic carbocycles. The van der Waals surface area contributed by atoms with Crippen LogP contribution in [0.1, 0.15) is 181 Å². The molecule has 0 N–H and O–H groups in total. The molecule has 10 aromatic rings. The van der Waals surface area contributed by atoms with Crippen LogP contribution in [0.15, 0.2) is 156 Å². The van der Waals surface area contributed by atoms with Crippen LogP contribution in [0.3, 0.4) is 0 Å². The van der Waals surface area contributed by atoms with Crippen LogP contribution in [0.5, 0.6) is 0 Å². The number of hydrogen-bond donors (Lipinski definition) is 0. The summed E-state index contributed by atoms with van der Waals surface area (Å²) >= 11 is 1.89. The largest absolute Gasteiger partial charge is 0.468 e. The minimum Gasteiger partial charge on any atom is -0.468 e. The molecule has 0 amide bonds. The van der Waals surface area contributed by atoms with E-state index in [4.69, 9.17) is 4.42 Å². The molecule has 3 aliphatic carbocycles. The number of nitrogens with zero attached hydrogens (tertiary/aromatic N) is 3. The second kappa shape index (κ2) is 17.8. The standard InChI is InChI=1S/C78H82BN3OS/c1-72(2,3)47-25-32-66-55(39-47)70-71(83-66)79-62-45-60-61(78(14,15)38-37-77(60,12)13)46-63(62)81(49-27-30-56-58(40-49)75(8,9)35-33-73(56,4)5)64-42-52(43-65(69(64)79)82(70)50-28-31-57-59(41-50)76(10,11)36-34-74(57,6)7)80(48-21-17-16-18-22-48)51-26-29-54-53-23-19-20-24-67(53)84-68(54)44-51/h16-32,39-46H,33-38H2,1-15H3. The molecule has 84 heavy (non-hydrogen) atoms. The van der Waals surface area contributed by atoms with Crippen molar-refractivity contribution in [1.29, 1.82) is 0 Å². The van der Waals surface area contributed by atoms with E-state index < -0.39 is 0 Å². The van der Waals surface area contributed by atoms with E-state index in [1.54, 1.807) is 0 Å². The Bertz CT molecular complexity index is 4410. The highest BCUT2D eigenvalue weighted by molar-refractivity contribution is 7.25. The first kappa shape index (κ1) is 53.7. The minimum absolute atomic E-state index is 0.00117. The predicted molar refractivity (Wildman–Crippen MR) is 362 cm³/mol. The van der Waals surface area contributed by atoms with Gasteiger partial charge >= 0.3 is 0 Å². The number of anilines is 9. The van der Waals surface area contributed by atoms with Gasteiger partial charge in [0.2, 0.25) is 0 Å². The van der Waals surface area contributed by atoms with Gasteiger partial charge in [0, 0.05) is 65.4 Å². The summed E-state index contributed by atoms with van der Waals surface area (Å²) in [7, 11) is 0. The van der Waals surface area contributed by atoms with E-state index in [1.165, 1.54) is 105 Å². The van der Waals surface area contributed by atoms with Crippen molar-refractivity contribution in [3.63, 3.8) is 0 Å². The van der Waals surface area contributed by atoms with Gasteiger partial charge in [-0.1, -0.05) is 171 Å². The van der Waals surface area contributed by atoms with E-state index in [9.17, 15) is 0 Å². The zero-order valence-corrected chi connectivity index (χ0v) is 53.2. The number of rotatable bonds is 5. The second-order valence-corrected chi connectivity index (χ2v) is 32.0. The van der Waals surface area contributed by atoms with Gasteiger partial charge in [0.25, 0.3) is 6.71 Å². The van der Waals surface area contributed by atoms with E-state index in [-0.39, 0.29) is 44.6 Å². The molecule has 0 fully saturated rings. The molecule has 0 radical (unpaired) electrons. The Morgan fingerprint density at radius 1 is 0.429 bits per heavy atom. The number of fused-ring (bicyclic) bond motifs is 12. The second-order valence-electron chi connectivity index (χ2n) is 30.9. The Kier molecular flexibility index (Phi) is 11.4. The monoisotopic (exact) mass is 1120 g/mol. The van der Waals surface area contributed by atoms with E-state index in [0.29, 0.717) is 0 Å². The van der Waals surface area contributed by atoms with Crippen molar-refractivity contribution in [1.82, 2.24) is 0 Å². The lowest BCUT2D eigenvalue weighted by molar-refractivity contribution is 0.332. The van der Waals surface area contributed by atoms with Gasteiger partial charge < -0.3 is 19.1 Å². The van der Waals surface area contributed by atoms with Gasteiger partial charge in [0.15, 0.2) is 0 Å². The third-order valence-electron chi connectivity index (χ3n) is 21.6. The maximum Gasteiger partial charge on any atom is 0.297 e. The molecular formula is C78H82BN3OS. The number of furan rings is 1. The van der Waals surface area contributed by atoms with Crippen molar-refractivity contribution >= 4 is 117 Å². The molecule has 15 rings (SSSR count). The van der Waals surface area contributed by atoms with Crippen LogP contribution < -0.4 is 31.3 Å². The zero-order chi connectivity index (χ0) is 58.6. The van der Waals surface area contributed by atoms with Crippen LogP contribution in [0.4, 0.5) is 51.2 Å². The molecule has 2 aromatic heterocycles. The lowest BCUT2D eigenvalue weighted by atomic mass is 9.35. The molecule has 0 atom stereocenters. The topological polar surface area (TPSA) is 22.9 Å². The maximum absolute atomic E-state index is 7.72. The molecular weight excluding hydrogens is 1040 g/mol. The summed E-state index contributed by atoms with van der Waals surface area (Å²) in [6.07, 6.45) is 6.86. The lowest BCUT2D eigenvalue weighted by Crippen LogP contribution is -2.61. The van der Waals surface area contributed by atoms with Gasteiger partial charge in [-0.25, -0.2) is 0 Å². The summed E-state index contributed by atoms with van der Waals surface area (Å²) in [6.45, 7) is 36.5. The Labute approximate surface area is 504 Å². The van der Waals surface area contributed by atoms with E-state index in [1.807, 2.05) is 11.3 Å². The molecule has 424 valence electrons. The number of para-hydroxylation sites is 1. The SMILES string of the molecule is CC(C)(C)c1ccc2oc3c(c2c1)N(c1ccc2c(c1)C(C)(C)CCC2(C)C)c1cc(N(c2ccccc2)c2ccc4c(c2)sc2ccccc24)cc2c1B3c1cc3c(cc1N2c1ccc2c(c1)C(C)(C)CCC2(C)C)C(C)(C)CCC3(C)C. The quantitative estimate of drug-likeness (QED) is 0.160. The third kappa shape index (κ3) is 7.97. The fourth-order valence-corrected chi connectivity index (χ4v) is 17.1. The van der Waals surface area contributed by atoms with Crippen molar-refractivity contribution in [2.24, 2.45) is 0 Å². The fraction of sp³-hybridized carbons (Fsp3) is 0.359. The van der Waals surface area contributed by atoms with E-state index in [0.717, 1.165) is 71.5 Å². The number of thiophene rings is 1. The Morgan fingerprint density at radius 2 is 0.952 bits per heavy atom. The Balaban J connectivity index is 1.11. The van der Waals surface area contributed by atoms with Crippen molar-refractivity contribution in [2.45, 2.75) is 180 Å². The van der Waals surface area contributed by atoms with Crippen LogP contribution in [0.25, 0.3) is 31.1 Å². The summed E-state index contributed by atoms with van der Waals surface area (Å²) in [4.78, 5) is 7.91. The van der Waals surface area contributed by atoms with Gasteiger partial charge in [-0.2, -0.15) is 0 Å². The third-order valence-corrected chi connectivity index (χ3v) is 22.7. The van der Waals surface area contributed by atoms with E-state index in [2.05, 4.69) is 270 Å². The smallest absolute Gasteiger partial charge is 0.297 e. The summed E-state index contributed by atoms with van der Waals surface area (Å²) < 4.78 is 10.3. The Morgan fingerprint density at radius 3 is 1.56 bits per heavy atom. The first-order valence-corrected chi connectivity index (χ1v) is 32.1. The number of hydrogen-bond acceptors (Lipinski definition) is 5. The maximum atomic E-state index is 7.72. The normalized spacial score (nSPS) is 19.1. The summed E-state index contributed by atoms with van der Waals surface area (Å²) in [6, 6.07) is 59.8. The average Bonchev–Trinajstić information content (AvgIpc) is 1.18. The Hall–Kier alpha value is -7.02. The van der Waals surface area contributed by atoms with Crippen LogP contribution in [-0.2, 0) is 37.9 Å². The lowest BCUT2D eigenvalue weighted by Gasteiger charge is -2.47. The van der Waals surface area contributed by atoms with Crippen molar-refractivity contribution < 1.29 is 4.42 Å². The molecule has 2 aliphatic heterocycles. The first-order chi connectivity index (χ1) is 39.7. The zero-order valence-electron chi connectivity index (χ0n) is 52.4. The highest BCUT2D eigenvalue weighted by atomic mass is 32.1. The van der Waals surface area contributed by atoms with Crippen molar-refractivity contribution in [3.8, 4) is 0 Å². The molecule has 4 heterocycles. The first-order valence-electron chi connectivity index (χ1n) is 31.3. The van der Waals surface area contributed by atoms with Crippen LogP contribution in [0.2, 0.25) is 0 Å². The van der Waals surface area contributed by atoms with Crippen LogP contribution >= 0.6 is 11.3 Å². The van der Waals surface area contributed by atoms with Crippen molar-refractivity contribution in [2.75, 3.05) is 14.7 Å².